The van der Waals surface area contributed by atoms with E-state index in [1.807, 2.05) is 10.9 Å². The van der Waals surface area contributed by atoms with Gasteiger partial charge >= 0.3 is 0 Å². The van der Waals surface area contributed by atoms with E-state index < -0.39 is 6.04 Å². The van der Waals surface area contributed by atoms with E-state index in [2.05, 4.69) is 10.3 Å². The van der Waals surface area contributed by atoms with Crippen molar-refractivity contribution < 1.29 is 5.11 Å². The molecule has 0 saturated heterocycles. The van der Waals surface area contributed by atoms with Crippen molar-refractivity contribution in [3.05, 3.63) is 11.9 Å². The minimum absolute atomic E-state index is 0.0812. The normalized spacial score (nSPS) is 18.9. The lowest BCUT2D eigenvalue weighted by Gasteiger charge is -2.00. The van der Waals surface area contributed by atoms with Gasteiger partial charge in [-0.05, 0) is 18.8 Å². The zero-order chi connectivity index (χ0) is 9.26. The van der Waals surface area contributed by atoms with Crippen LogP contribution in [0.1, 0.15) is 24.6 Å². The van der Waals surface area contributed by atoms with Crippen LogP contribution in [-0.4, -0.2) is 26.7 Å². The van der Waals surface area contributed by atoms with Gasteiger partial charge in [0.25, 0.3) is 0 Å². The van der Waals surface area contributed by atoms with Crippen LogP contribution in [0.25, 0.3) is 0 Å². The Kier molecular flexibility index (Phi) is 2.28. The van der Waals surface area contributed by atoms with Crippen molar-refractivity contribution in [1.29, 1.82) is 0 Å². The van der Waals surface area contributed by atoms with Gasteiger partial charge in [0.15, 0.2) is 0 Å². The molecule has 0 spiro atoms. The molecule has 0 amide bonds. The lowest BCUT2D eigenvalue weighted by molar-refractivity contribution is 0.266. The van der Waals surface area contributed by atoms with Gasteiger partial charge in [0.1, 0.15) is 5.69 Å². The Labute approximate surface area is 76.5 Å². The second-order valence-electron chi connectivity index (χ2n) is 3.60. The third-order valence-electron chi connectivity index (χ3n) is 2.28. The molecule has 1 aliphatic rings. The Morgan fingerprint density at radius 1 is 1.69 bits per heavy atom. The summed E-state index contributed by atoms with van der Waals surface area (Å²) in [7, 11) is 0. The molecule has 1 saturated carbocycles. The zero-order valence-electron chi connectivity index (χ0n) is 7.43. The summed E-state index contributed by atoms with van der Waals surface area (Å²) in [5.74, 6) is 0.778. The van der Waals surface area contributed by atoms with Crippen molar-refractivity contribution in [2.24, 2.45) is 11.7 Å². The summed E-state index contributed by atoms with van der Waals surface area (Å²) in [6.07, 6.45) is 4.40. The molecule has 5 heteroatoms. The van der Waals surface area contributed by atoms with E-state index in [1.54, 1.807) is 0 Å². The van der Waals surface area contributed by atoms with E-state index in [-0.39, 0.29) is 6.61 Å². The van der Waals surface area contributed by atoms with Crippen molar-refractivity contribution in [3.63, 3.8) is 0 Å². The van der Waals surface area contributed by atoms with Gasteiger partial charge in [0.2, 0.25) is 0 Å². The Morgan fingerprint density at radius 3 is 3.08 bits per heavy atom. The van der Waals surface area contributed by atoms with Gasteiger partial charge in [-0.15, -0.1) is 5.10 Å². The lowest BCUT2D eigenvalue weighted by atomic mass is 10.2. The molecule has 1 aromatic rings. The standard InChI is InChI=1S/C8H14N4O/c9-7(5-13)8-4-12(11-10-8)3-6-1-2-6/h4,6-7,13H,1-3,5,9H2/t7-/m1/s1. The van der Waals surface area contributed by atoms with Crippen LogP contribution in [0.4, 0.5) is 0 Å². The smallest absolute Gasteiger partial charge is 0.102 e. The molecule has 2 rings (SSSR count). The monoisotopic (exact) mass is 182 g/mol. The second kappa shape index (κ2) is 3.43. The summed E-state index contributed by atoms with van der Waals surface area (Å²) in [5, 5.41) is 16.6. The largest absolute Gasteiger partial charge is 0.394 e. The van der Waals surface area contributed by atoms with E-state index >= 15 is 0 Å². The second-order valence-corrected chi connectivity index (χ2v) is 3.60. The highest BCUT2D eigenvalue weighted by atomic mass is 16.3. The van der Waals surface area contributed by atoms with Crippen LogP contribution >= 0.6 is 0 Å². The van der Waals surface area contributed by atoms with E-state index in [4.69, 9.17) is 10.8 Å². The highest BCUT2D eigenvalue weighted by molar-refractivity contribution is 4.99. The van der Waals surface area contributed by atoms with Gasteiger partial charge in [0, 0.05) is 6.54 Å². The van der Waals surface area contributed by atoms with Gasteiger partial charge in [0.05, 0.1) is 18.8 Å². The third kappa shape index (κ3) is 2.05. The van der Waals surface area contributed by atoms with Gasteiger partial charge in [-0.25, -0.2) is 0 Å². The molecule has 0 aromatic carbocycles. The van der Waals surface area contributed by atoms with Crippen LogP contribution in [0, 0.1) is 5.92 Å². The predicted molar refractivity (Wildman–Crippen MR) is 46.8 cm³/mol. The number of aliphatic hydroxyl groups excluding tert-OH is 1. The summed E-state index contributed by atoms with van der Waals surface area (Å²) in [6.45, 7) is 0.854. The topological polar surface area (TPSA) is 77.0 Å². The molecule has 1 aliphatic carbocycles. The minimum Gasteiger partial charge on any atom is -0.394 e. The quantitative estimate of drug-likeness (QED) is 0.669. The molecule has 0 radical (unpaired) electrons. The van der Waals surface area contributed by atoms with Gasteiger partial charge in [-0.1, -0.05) is 5.21 Å². The van der Waals surface area contributed by atoms with Crippen LogP contribution in [0.15, 0.2) is 6.20 Å². The average Bonchev–Trinajstić information content (AvgIpc) is 2.81. The fourth-order valence-corrected chi connectivity index (χ4v) is 1.23. The molecule has 13 heavy (non-hydrogen) atoms. The molecule has 0 unspecified atom stereocenters. The molecule has 0 aliphatic heterocycles. The molecule has 0 bridgehead atoms. The minimum atomic E-state index is -0.395. The van der Waals surface area contributed by atoms with Crippen LogP contribution in [0.3, 0.4) is 0 Å². The Balaban J connectivity index is 1.99. The zero-order valence-corrected chi connectivity index (χ0v) is 7.43. The highest BCUT2D eigenvalue weighted by Gasteiger charge is 2.22. The fraction of sp³-hybridized carbons (Fsp3) is 0.750. The first kappa shape index (κ1) is 8.65. The Bertz CT molecular complexity index is 281. The molecule has 72 valence electrons. The Morgan fingerprint density at radius 2 is 2.46 bits per heavy atom. The first-order valence-corrected chi connectivity index (χ1v) is 4.56. The number of nitrogens with two attached hydrogens (primary N) is 1. The summed E-state index contributed by atoms with van der Waals surface area (Å²) >= 11 is 0. The SMILES string of the molecule is N[C@H](CO)c1cn(CC2CC2)nn1. The summed E-state index contributed by atoms with van der Waals surface area (Å²) in [4.78, 5) is 0. The molecule has 3 N–H and O–H groups in total. The van der Waals surface area contributed by atoms with E-state index in [0.29, 0.717) is 5.69 Å². The number of aromatic nitrogens is 3. The van der Waals surface area contributed by atoms with Crippen molar-refractivity contribution in [2.45, 2.75) is 25.4 Å². The van der Waals surface area contributed by atoms with Gasteiger partial charge in [-0.3, -0.25) is 4.68 Å². The summed E-state index contributed by atoms with van der Waals surface area (Å²) in [6, 6.07) is -0.395. The maximum absolute atomic E-state index is 8.79. The highest BCUT2D eigenvalue weighted by Crippen LogP contribution is 2.30. The van der Waals surface area contributed by atoms with Crippen molar-refractivity contribution >= 4 is 0 Å². The maximum atomic E-state index is 8.79. The number of aliphatic hydroxyl groups is 1. The van der Waals surface area contributed by atoms with E-state index in [1.165, 1.54) is 12.8 Å². The number of hydrogen-bond acceptors (Lipinski definition) is 4. The van der Waals surface area contributed by atoms with E-state index in [0.717, 1.165) is 12.5 Å². The molecular formula is C8H14N4O. The van der Waals surface area contributed by atoms with Crippen LogP contribution in [0.2, 0.25) is 0 Å². The predicted octanol–water partition coefficient (Wildman–Crippen LogP) is -0.320. The summed E-state index contributed by atoms with van der Waals surface area (Å²) < 4.78 is 1.81. The number of rotatable bonds is 4. The fourth-order valence-electron chi connectivity index (χ4n) is 1.23. The maximum Gasteiger partial charge on any atom is 0.102 e. The van der Waals surface area contributed by atoms with E-state index in [9.17, 15) is 0 Å². The molecule has 1 atom stereocenters. The van der Waals surface area contributed by atoms with Gasteiger partial charge < -0.3 is 10.8 Å². The van der Waals surface area contributed by atoms with Crippen LogP contribution in [0.5, 0.6) is 0 Å². The molecule has 5 nitrogen and oxygen atoms in total. The first-order valence-electron chi connectivity index (χ1n) is 4.56. The molecule has 1 aromatic heterocycles. The average molecular weight is 182 g/mol. The van der Waals surface area contributed by atoms with Crippen molar-refractivity contribution in [3.8, 4) is 0 Å². The van der Waals surface area contributed by atoms with Gasteiger partial charge in [-0.2, -0.15) is 0 Å². The molecule has 1 fully saturated rings. The molecule has 1 heterocycles. The molecular weight excluding hydrogens is 168 g/mol. The lowest BCUT2D eigenvalue weighted by Crippen LogP contribution is -2.14. The summed E-state index contributed by atoms with van der Waals surface area (Å²) in [5.41, 5.74) is 6.26. The van der Waals surface area contributed by atoms with Crippen LogP contribution < -0.4 is 5.73 Å². The van der Waals surface area contributed by atoms with Crippen molar-refractivity contribution in [1.82, 2.24) is 15.0 Å². The van der Waals surface area contributed by atoms with Crippen LogP contribution in [-0.2, 0) is 6.54 Å². The van der Waals surface area contributed by atoms with Crippen molar-refractivity contribution in [2.75, 3.05) is 6.61 Å². The third-order valence-corrected chi connectivity index (χ3v) is 2.28. The number of nitrogens with zero attached hydrogens (tertiary/aromatic N) is 3. The Hall–Kier alpha value is -0.940. The number of hydrogen-bond donors (Lipinski definition) is 2. The first-order chi connectivity index (χ1) is 6.29.